The molecule has 2 atom stereocenters. The van der Waals surface area contributed by atoms with Gasteiger partial charge in [-0.05, 0) is 87.0 Å². The SMILES string of the molecule is N#Cc1ccc(CC=C2CCC(NC(=O)c3cc4cc(OC5CCNC[C@@H]5F)ccc4o3)CC2)cc1. The predicted octanol–water partition coefficient (Wildman–Crippen LogP) is 5.22. The molecule has 1 aliphatic heterocycles. The van der Waals surface area contributed by atoms with Gasteiger partial charge in [-0.1, -0.05) is 23.8 Å². The fraction of sp³-hybridized carbons (Fsp3) is 0.379. The number of halogens is 1. The molecule has 2 aromatic carbocycles. The van der Waals surface area contributed by atoms with Gasteiger partial charge in [0.2, 0.25) is 0 Å². The molecule has 1 aliphatic carbocycles. The van der Waals surface area contributed by atoms with E-state index in [0.29, 0.717) is 29.9 Å². The lowest BCUT2D eigenvalue weighted by Crippen LogP contribution is -2.44. The minimum Gasteiger partial charge on any atom is -0.487 e. The molecule has 2 N–H and O–H groups in total. The Morgan fingerprint density at radius 2 is 1.97 bits per heavy atom. The Morgan fingerprint density at radius 1 is 1.17 bits per heavy atom. The van der Waals surface area contributed by atoms with Crippen LogP contribution in [-0.4, -0.2) is 37.3 Å². The Labute approximate surface area is 210 Å². The summed E-state index contributed by atoms with van der Waals surface area (Å²) >= 11 is 0. The highest BCUT2D eigenvalue weighted by atomic mass is 19.1. The molecule has 2 fully saturated rings. The van der Waals surface area contributed by atoms with Gasteiger partial charge in [0.1, 0.15) is 23.6 Å². The van der Waals surface area contributed by atoms with Gasteiger partial charge < -0.3 is 19.8 Å². The first-order valence-electron chi connectivity index (χ1n) is 12.6. The number of carbonyl (C=O) groups is 1. The van der Waals surface area contributed by atoms with Crippen LogP contribution in [0.5, 0.6) is 5.75 Å². The third kappa shape index (κ3) is 5.77. The van der Waals surface area contributed by atoms with Crippen LogP contribution in [0.25, 0.3) is 11.0 Å². The zero-order chi connectivity index (χ0) is 24.9. The maximum absolute atomic E-state index is 14.1. The average molecular weight is 488 g/mol. The Balaban J connectivity index is 1.14. The van der Waals surface area contributed by atoms with Gasteiger partial charge in [0, 0.05) is 18.0 Å². The Bertz CT molecular complexity index is 1280. The Morgan fingerprint density at radius 3 is 2.72 bits per heavy atom. The highest BCUT2D eigenvalue weighted by Gasteiger charge is 2.26. The molecular formula is C29H30FN3O3. The largest absolute Gasteiger partial charge is 0.487 e. The van der Waals surface area contributed by atoms with Gasteiger partial charge in [-0.15, -0.1) is 0 Å². The van der Waals surface area contributed by atoms with Crippen molar-refractivity contribution in [1.82, 2.24) is 10.6 Å². The molecule has 1 amide bonds. The van der Waals surface area contributed by atoms with E-state index in [9.17, 15) is 9.18 Å². The van der Waals surface area contributed by atoms with E-state index in [1.54, 1.807) is 24.3 Å². The van der Waals surface area contributed by atoms with Crippen molar-refractivity contribution >= 4 is 16.9 Å². The van der Waals surface area contributed by atoms with Gasteiger partial charge in [0.05, 0.1) is 11.6 Å². The molecule has 1 aromatic heterocycles. The minimum atomic E-state index is -1.04. The highest BCUT2D eigenvalue weighted by molar-refractivity contribution is 5.96. The van der Waals surface area contributed by atoms with Gasteiger partial charge in [-0.3, -0.25) is 4.79 Å². The molecule has 1 saturated heterocycles. The zero-order valence-electron chi connectivity index (χ0n) is 20.1. The number of benzene rings is 2. The van der Waals surface area contributed by atoms with Crippen LogP contribution in [0.3, 0.4) is 0 Å². The summed E-state index contributed by atoms with van der Waals surface area (Å²) in [6.07, 6.45) is 5.93. The first kappa shape index (κ1) is 24.1. The third-order valence-corrected chi connectivity index (χ3v) is 7.02. The molecule has 1 unspecified atom stereocenters. The molecule has 3 aromatic rings. The first-order chi connectivity index (χ1) is 17.6. The molecule has 1 saturated carbocycles. The lowest BCUT2D eigenvalue weighted by Gasteiger charge is -2.27. The van der Waals surface area contributed by atoms with Crippen LogP contribution in [0, 0.1) is 11.3 Å². The summed E-state index contributed by atoms with van der Waals surface area (Å²) in [6, 6.07) is 17.0. The normalized spacial score (nSPS) is 22.1. The van der Waals surface area contributed by atoms with E-state index in [0.717, 1.165) is 44.0 Å². The molecule has 6 nitrogen and oxygen atoms in total. The topological polar surface area (TPSA) is 87.3 Å². The van der Waals surface area contributed by atoms with E-state index in [-0.39, 0.29) is 17.7 Å². The van der Waals surface area contributed by atoms with Gasteiger partial charge >= 0.3 is 0 Å². The highest BCUT2D eigenvalue weighted by Crippen LogP contribution is 2.28. The van der Waals surface area contributed by atoms with E-state index < -0.39 is 12.3 Å². The number of allylic oxidation sites excluding steroid dienone is 2. The number of rotatable bonds is 6. The maximum Gasteiger partial charge on any atom is 0.287 e. The van der Waals surface area contributed by atoms with Crippen LogP contribution >= 0.6 is 0 Å². The fourth-order valence-corrected chi connectivity index (χ4v) is 4.88. The standard InChI is InChI=1S/C29H30FN3O3/c30-25-18-32-14-13-27(25)35-24-11-12-26-22(15-24)16-28(36-26)29(34)33-23-9-7-20(8-10-23)2-1-19-3-5-21(17-31)6-4-19/h2-6,11-12,15-16,23,25,27,32H,1,7-10,13-14,18H2,(H,33,34)/t23?,25-,27?/m0/s1. The van der Waals surface area contributed by atoms with Gasteiger partial charge in [0.25, 0.3) is 5.91 Å². The molecule has 2 aliphatic rings. The molecule has 0 bridgehead atoms. The Kier molecular flexibility index (Phi) is 7.33. The quantitative estimate of drug-likeness (QED) is 0.465. The summed E-state index contributed by atoms with van der Waals surface area (Å²) in [4.78, 5) is 12.8. The van der Waals surface area contributed by atoms with E-state index >= 15 is 0 Å². The average Bonchev–Trinajstić information content (AvgIpc) is 3.34. The molecule has 5 rings (SSSR count). The van der Waals surface area contributed by atoms with E-state index in [1.807, 2.05) is 24.3 Å². The van der Waals surface area contributed by atoms with Crippen molar-refractivity contribution in [1.29, 1.82) is 5.26 Å². The number of nitrogens with one attached hydrogen (secondary N) is 2. The predicted molar refractivity (Wildman–Crippen MR) is 136 cm³/mol. The molecule has 7 heteroatoms. The number of nitrogens with zero attached hydrogens (tertiary/aromatic N) is 1. The second-order valence-corrected chi connectivity index (χ2v) is 9.60. The van der Waals surface area contributed by atoms with E-state index in [1.165, 1.54) is 11.1 Å². The number of carbonyl (C=O) groups excluding carboxylic acids is 1. The molecule has 36 heavy (non-hydrogen) atoms. The smallest absolute Gasteiger partial charge is 0.287 e. The minimum absolute atomic E-state index is 0.109. The second kappa shape index (κ2) is 11.0. The zero-order valence-corrected chi connectivity index (χ0v) is 20.1. The first-order valence-corrected chi connectivity index (χ1v) is 12.6. The van der Waals surface area contributed by atoms with Crippen molar-refractivity contribution in [3.63, 3.8) is 0 Å². The van der Waals surface area contributed by atoms with Gasteiger partial charge in [-0.25, -0.2) is 4.39 Å². The number of furan rings is 1. The lowest BCUT2D eigenvalue weighted by molar-refractivity contribution is 0.0733. The number of hydrogen-bond donors (Lipinski definition) is 2. The van der Waals surface area contributed by atoms with Crippen LogP contribution in [0.15, 0.2) is 64.6 Å². The van der Waals surface area contributed by atoms with Crippen LogP contribution < -0.4 is 15.4 Å². The van der Waals surface area contributed by atoms with E-state index in [4.69, 9.17) is 14.4 Å². The maximum atomic E-state index is 14.1. The van der Waals surface area contributed by atoms with Crippen molar-refractivity contribution in [2.75, 3.05) is 13.1 Å². The summed E-state index contributed by atoms with van der Waals surface area (Å²) < 4.78 is 25.7. The monoisotopic (exact) mass is 487 g/mol. The van der Waals surface area contributed by atoms with Crippen molar-refractivity contribution in [2.24, 2.45) is 0 Å². The van der Waals surface area contributed by atoms with Crippen LogP contribution in [0.1, 0.15) is 53.8 Å². The summed E-state index contributed by atoms with van der Waals surface area (Å²) in [6.45, 7) is 1.04. The summed E-state index contributed by atoms with van der Waals surface area (Å²) in [7, 11) is 0. The fourth-order valence-electron chi connectivity index (χ4n) is 4.88. The van der Waals surface area contributed by atoms with Crippen LogP contribution in [0.2, 0.25) is 0 Å². The molecule has 186 valence electrons. The number of amides is 1. The van der Waals surface area contributed by atoms with Crippen LogP contribution in [-0.2, 0) is 6.42 Å². The Hall–Kier alpha value is -3.63. The molecule has 2 heterocycles. The molecular weight excluding hydrogens is 457 g/mol. The van der Waals surface area contributed by atoms with Crippen molar-refractivity contribution in [3.8, 4) is 11.8 Å². The lowest BCUT2D eigenvalue weighted by atomic mass is 9.89. The van der Waals surface area contributed by atoms with Gasteiger partial charge in [0.15, 0.2) is 5.76 Å². The summed E-state index contributed by atoms with van der Waals surface area (Å²) in [5, 5.41) is 15.8. The number of ether oxygens (including phenoxy) is 1. The second-order valence-electron chi connectivity index (χ2n) is 9.60. The van der Waals surface area contributed by atoms with Gasteiger partial charge in [-0.2, -0.15) is 5.26 Å². The van der Waals surface area contributed by atoms with Crippen LogP contribution in [0.4, 0.5) is 4.39 Å². The number of fused-ring (bicyclic) bond motifs is 1. The summed E-state index contributed by atoms with van der Waals surface area (Å²) in [5.74, 6) is 0.637. The number of piperidine rings is 1. The number of hydrogen-bond acceptors (Lipinski definition) is 5. The number of nitriles is 1. The number of alkyl halides is 1. The van der Waals surface area contributed by atoms with Crippen molar-refractivity contribution < 1.29 is 18.3 Å². The summed E-state index contributed by atoms with van der Waals surface area (Å²) in [5.41, 5.74) is 3.88. The molecule has 0 spiro atoms. The van der Waals surface area contributed by atoms with Crippen molar-refractivity contribution in [2.45, 2.75) is 56.8 Å². The molecule has 0 radical (unpaired) electrons. The van der Waals surface area contributed by atoms with E-state index in [2.05, 4.69) is 22.8 Å². The third-order valence-electron chi connectivity index (χ3n) is 7.02. The van der Waals surface area contributed by atoms with Crippen molar-refractivity contribution in [3.05, 3.63) is 77.1 Å².